The highest BCUT2D eigenvalue weighted by molar-refractivity contribution is 5.57. The third-order valence-electron chi connectivity index (χ3n) is 3.14. The maximum Gasteiger partial charge on any atom is 0.123 e. The molecule has 96 valence electrons. The normalized spacial score (nSPS) is 12.7. The lowest BCUT2D eigenvalue weighted by Crippen LogP contribution is -2.28. The van der Waals surface area contributed by atoms with Crippen molar-refractivity contribution in [3.8, 4) is 0 Å². The van der Waals surface area contributed by atoms with Crippen LogP contribution >= 0.6 is 0 Å². The van der Waals surface area contributed by atoms with E-state index in [0.717, 1.165) is 16.6 Å². The van der Waals surface area contributed by atoms with Crippen LogP contribution in [-0.2, 0) is 0 Å². The van der Waals surface area contributed by atoms with E-state index in [2.05, 4.69) is 10.5 Å². The summed E-state index contributed by atoms with van der Waals surface area (Å²) in [4.78, 5) is 0. The van der Waals surface area contributed by atoms with E-state index in [0.29, 0.717) is 0 Å². The highest BCUT2D eigenvalue weighted by Crippen LogP contribution is 2.25. The van der Waals surface area contributed by atoms with Gasteiger partial charge in [0.2, 0.25) is 0 Å². The van der Waals surface area contributed by atoms with Gasteiger partial charge in [0.1, 0.15) is 5.82 Å². The third kappa shape index (κ3) is 2.09. The molecule has 1 aromatic carbocycles. The third-order valence-corrected chi connectivity index (χ3v) is 3.14. The summed E-state index contributed by atoms with van der Waals surface area (Å²) in [5, 5.41) is 4.28. The van der Waals surface area contributed by atoms with Crippen molar-refractivity contribution in [1.29, 1.82) is 0 Å². The highest BCUT2D eigenvalue weighted by atomic mass is 19.1. The van der Waals surface area contributed by atoms with Gasteiger partial charge in [0.15, 0.2) is 0 Å². The summed E-state index contributed by atoms with van der Waals surface area (Å²) in [5.41, 5.74) is 5.57. The predicted octanol–water partition coefficient (Wildman–Crippen LogP) is 2.03. The number of nitrogens with one attached hydrogen (secondary N) is 1. The zero-order valence-electron chi connectivity index (χ0n) is 10.1. The molecule has 0 spiro atoms. The molecule has 2 aromatic heterocycles. The number of pyridine rings is 1. The minimum Gasteiger partial charge on any atom is -0.271 e. The first-order valence-corrected chi connectivity index (χ1v) is 5.93. The molecular weight excluding hydrogens is 243 g/mol. The van der Waals surface area contributed by atoms with Crippen molar-refractivity contribution < 1.29 is 4.39 Å². The van der Waals surface area contributed by atoms with Crippen LogP contribution in [0.25, 0.3) is 5.52 Å². The molecule has 2 heterocycles. The Balaban J connectivity index is 2.09. The largest absolute Gasteiger partial charge is 0.271 e. The molecule has 1 atom stereocenters. The zero-order valence-corrected chi connectivity index (χ0v) is 10.1. The fraction of sp³-hybridized carbons (Fsp3) is 0.0714. The highest BCUT2D eigenvalue weighted by Gasteiger charge is 2.16. The van der Waals surface area contributed by atoms with Gasteiger partial charge in [-0.2, -0.15) is 5.10 Å². The average Bonchev–Trinajstić information content (AvgIpc) is 2.86. The number of benzene rings is 1. The fourth-order valence-electron chi connectivity index (χ4n) is 2.20. The Morgan fingerprint density at radius 3 is 2.68 bits per heavy atom. The van der Waals surface area contributed by atoms with Gasteiger partial charge in [0.25, 0.3) is 0 Å². The maximum atomic E-state index is 13.0. The lowest BCUT2D eigenvalue weighted by atomic mass is 10.0. The molecule has 0 aliphatic rings. The minimum atomic E-state index is -0.264. The second kappa shape index (κ2) is 4.79. The van der Waals surface area contributed by atoms with Gasteiger partial charge in [0.05, 0.1) is 17.8 Å². The standard InChI is InChI=1S/C14H13FN4/c15-11-6-4-10(5-7-11)14(18-16)12-9-17-19-8-2-1-3-13(12)19/h1-9,14,18H,16H2. The Morgan fingerprint density at radius 1 is 1.16 bits per heavy atom. The van der Waals surface area contributed by atoms with Gasteiger partial charge in [-0.05, 0) is 29.8 Å². The lowest BCUT2D eigenvalue weighted by Gasteiger charge is -2.15. The molecule has 3 N–H and O–H groups in total. The van der Waals surface area contributed by atoms with Crippen molar-refractivity contribution in [2.24, 2.45) is 5.84 Å². The summed E-state index contributed by atoms with van der Waals surface area (Å²) in [6.45, 7) is 0. The Kier molecular flexibility index (Phi) is 2.98. The molecule has 0 saturated heterocycles. The summed E-state index contributed by atoms with van der Waals surface area (Å²) < 4.78 is 14.8. The number of hydrogen-bond acceptors (Lipinski definition) is 3. The fourth-order valence-corrected chi connectivity index (χ4v) is 2.20. The Labute approximate surface area is 109 Å². The summed E-state index contributed by atoms with van der Waals surface area (Å²) in [7, 11) is 0. The lowest BCUT2D eigenvalue weighted by molar-refractivity contribution is 0.617. The molecule has 0 amide bonds. The van der Waals surface area contributed by atoms with Crippen molar-refractivity contribution in [3.05, 3.63) is 71.8 Å². The molecule has 19 heavy (non-hydrogen) atoms. The van der Waals surface area contributed by atoms with E-state index < -0.39 is 0 Å². The van der Waals surface area contributed by atoms with E-state index in [4.69, 9.17) is 5.84 Å². The van der Waals surface area contributed by atoms with Crippen molar-refractivity contribution >= 4 is 5.52 Å². The van der Waals surface area contributed by atoms with Crippen LogP contribution in [0.3, 0.4) is 0 Å². The molecule has 0 aliphatic carbocycles. The van der Waals surface area contributed by atoms with Crippen molar-refractivity contribution in [3.63, 3.8) is 0 Å². The molecule has 0 fully saturated rings. The van der Waals surface area contributed by atoms with E-state index in [9.17, 15) is 4.39 Å². The number of nitrogens with two attached hydrogens (primary N) is 1. The molecular formula is C14H13FN4. The van der Waals surface area contributed by atoms with Crippen molar-refractivity contribution in [2.75, 3.05) is 0 Å². The molecule has 0 aliphatic heterocycles. The summed E-state index contributed by atoms with van der Waals surface area (Å²) in [6, 6.07) is 11.9. The number of nitrogens with zero attached hydrogens (tertiary/aromatic N) is 2. The first-order valence-electron chi connectivity index (χ1n) is 5.93. The van der Waals surface area contributed by atoms with E-state index in [1.54, 1.807) is 22.8 Å². The number of hydrogen-bond donors (Lipinski definition) is 2. The van der Waals surface area contributed by atoms with E-state index in [1.165, 1.54) is 12.1 Å². The molecule has 0 bridgehead atoms. The minimum absolute atomic E-state index is 0.222. The second-order valence-electron chi connectivity index (χ2n) is 4.28. The SMILES string of the molecule is NNC(c1ccc(F)cc1)c1cnn2ccccc12. The zero-order chi connectivity index (χ0) is 13.2. The van der Waals surface area contributed by atoms with Gasteiger partial charge < -0.3 is 0 Å². The maximum absolute atomic E-state index is 13.0. The van der Waals surface area contributed by atoms with Crippen LogP contribution in [0.4, 0.5) is 4.39 Å². The summed E-state index contributed by atoms with van der Waals surface area (Å²) in [5.74, 6) is 5.38. The monoisotopic (exact) mass is 256 g/mol. The Morgan fingerprint density at radius 2 is 1.95 bits per heavy atom. The second-order valence-corrected chi connectivity index (χ2v) is 4.28. The number of rotatable bonds is 3. The average molecular weight is 256 g/mol. The van der Waals surface area contributed by atoms with Gasteiger partial charge in [0, 0.05) is 11.8 Å². The molecule has 0 radical (unpaired) electrons. The summed E-state index contributed by atoms with van der Waals surface area (Å²) in [6.07, 6.45) is 3.64. The first-order chi connectivity index (χ1) is 9.29. The molecule has 3 rings (SSSR count). The Hall–Kier alpha value is -2.24. The predicted molar refractivity (Wildman–Crippen MR) is 70.8 cm³/mol. The van der Waals surface area contributed by atoms with Crippen LogP contribution in [0.1, 0.15) is 17.2 Å². The molecule has 5 heteroatoms. The quantitative estimate of drug-likeness (QED) is 0.557. The first kappa shape index (κ1) is 11.8. The number of hydrazine groups is 1. The van der Waals surface area contributed by atoms with E-state index in [-0.39, 0.29) is 11.9 Å². The van der Waals surface area contributed by atoms with Gasteiger partial charge in [-0.15, -0.1) is 0 Å². The number of aromatic nitrogens is 2. The molecule has 3 aromatic rings. The molecule has 4 nitrogen and oxygen atoms in total. The van der Waals surface area contributed by atoms with Crippen LogP contribution in [0.5, 0.6) is 0 Å². The van der Waals surface area contributed by atoms with Gasteiger partial charge in [-0.1, -0.05) is 18.2 Å². The van der Waals surface area contributed by atoms with Gasteiger partial charge >= 0.3 is 0 Å². The van der Waals surface area contributed by atoms with Gasteiger partial charge in [-0.3, -0.25) is 5.84 Å². The molecule has 0 saturated carbocycles. The van der Waals surface area contributed by atoms with Crippen molar-refractivity contribution in [1.82, 2.24) is 15.0 Å². The smallest absolute Gasteiger partial charge is 0.123 e. The summed E-state index contributed by atoms with van der Waals surface area (Å²) >= 11 is 0. The Bertz CT molecular complexity index is 690. The number of halogens is 1. The number of fused-ring (bicyclic) bond motifs is 1. The molecule has 1 unspecified atom stereocenters. The van der Waals surface area contributed by atoms with E-state index in [1.807, 2.05) is 24.4 Å². The topological polar surface area (TPSA) is 55.3 Å². The van der Waals surface area contributed by atoms with Gasteiger partial charge in [-0.25, -0.2) is 14.3 Å². The van der Waals surface area contributed by atoms with Crippen LogP contribution in [0, 0.1) is 5.82 Å². The van der Waals surface area contributed by atoms with Crippen LogP contribution in [-0.4, -0.2) is 9.61 Å². The van der Waals surface area contributed by atoms with E-state index >= 15 is 0 Å². The van der Waals surface area contributed by atoms with Crippen molar-refractivity contribution in [2.45, 2.75) is 6.04 Å². The van der Waals surface area contributed by atoms with Crippen LogP contribution < -0.4 is 11.3 Å². The van der Waals surface area contributed by atoms with Crippen LogP contribution in [0.2, 0.25) is 0 Å². The van der Waals surface area contributed by atoms with Crippen LogP contribution in [0.15, 0.2) is 54.9 Å².